The van der Waals surface area contributed by atoms with Gasteiger partial charge in [0.1, 0.15) is 23.3 Å². The molecular weight excluding hydrogens is 228 g/mol. The Kier molecular flexibility index (Phi) is 2.67. The summed E-state index contributed by atoms with van der Waals surface area (Å²) in [6.45, 7) is 0. The number of hydrogen-bond donors (Lipinski definition) is 0. The molecule has 85 valence electrons. The van der Waals surface area contributed by atoms with Crippen molar-refractivity contribution in [2.75, 3.05) is 0 Å². The molecule has 3 rings (SSSR count). The molecule has 0 fully saturated rings. The van der Waals surface area contributed by atoms with Crippen molar-refractivity contribution >= 4 is 0 Å². The first-order valence-electron chi connectivity index (χ1n) is 5.24. The second-order valence-corrected chi connectivity index (χ2v) is 3.40. The van der Waals surface area contributed by atoms with Crippen LogP contribution < -0.4 is 0 Å². The van der Waals surface area contributed by atoms with Crippen LogP contribution in [-0.2, 0) is 0 Å². The van der Waals surface area contributed by atoms with Gasteiger partial charge in [0.25, 0.3) is 0 Å². The van der Waals surface area contributed by atoms with Crippen LogP contribution in [0.25, 0.3) is 22.9 Å². The highest BCUT2D eigenvalue weighted by molar-refractivity contribution is 5.56. The molecule has 3 aromatic rings. The molecule has 0 N–H and O–H groups in total. The fraction of sp³-hybridized carbons (Fsp3) is 0. The van der Waals surface area contributed by atoms with Crippen molar-refractivity contribution in [1.82, 2.24) is 30.1 Å². The molecule has 0 amide bonds. The molecule has 6 nitrogen and oxygen atoms in total. The SMILES string of the molecule is [c]1ncc(-c2ncccn2)nc1-c1cccnn1. The minimum atomic E-state index is 0.518. The second kappa shape index (κ2) is 4.62. The quantitative estimate of drug-likeness (QED) is 0.664. The van der Waals surface area contributed by atoms with Crippen LogP contribution in [-0.4, -0.2) is 30.1 Å². The highest BCUT2D eigenvalue weighted by Gasteiger charge is 2.07. The smallest absolute Gasteiger partial charge is 0.179 e. The predicted molar refractivity (Wildman–Crippen MR) is 62.9 cm³/mol. The summed E-state index contributed by atoms with van der Waals surface area (Å²) in [7, 11) is 0. The van der Waals surface area contributed by atoms with E-state index in [-0.39, 0.29) is 0 Å². The Morgan fingerprint density at radius 3 is 2.61 bits per heavy atom. The minimum Gasteiger partial charge on any atom is -0.250 e. The number of aromatic nitrogens is 6. The van der Waals surface area contributed by atoms with Crippen molar-refractivity contribution in [3.05, 3.63) is 49.2 Å². The fourth-order valence-corrected chi connectivity index (χ4v) is 1.41. The molecule has 0 bridgehead atoms. The molecule has 0 aromatic carbocycles. The molecule has 0 saturated heterocycles. The van der Waals surface area contributed by atoms with Crippen molar-refractivity contribution in [2.24, 2.45) is 0 Å². The van der Waals surface area contributed by atoms with Gasteiger partial charge in [-0.1, -0.05) is 0 Å². The van der Waals surface area contributed by atoms with Crippen LogP contribution in [0, 0.1) is 6.20 Å². The van der Waals surface area contributed by atoms with E-state index in [4.69, 9.17) is 0 Å². The topological polar surface area (TPSA) is 77.3 Å². The fourth-order valence-electron chi connectivity index (χ4n) is 1.41. The van der Waals surface area contributed by atoms with E-state index in [0.29, 0.717) is 22.9 Å². The zero-order valence-electron chi connectivity index (χ0n) is 9.22. The summed E-state index contributed by atoms with van der Waals surface area (Å²) in [5, 5.41) is 7.75. The van der Waals surface area contributed by atoms with Gasteiger partial charge in [-0.2, -0.15) is 5.10 Å². The van der Waals surface area contributed by atoms with E-state index >= 15 is 0 Å². The molecular formula is C12H7N6. The average molecular weight is 235 g/mol. The van der Waals surface area contributed by atoms with E-state index in [1.165, 1.54) is 0 Å². The molecule has 0 saturated carbocycles. The van der Waals surface area contributed by atoms with Gasteiger partial charge in [-0.3, -0.25) is 0 Å². The van der Waals surface area contributed by atoms with Crippen molar-refractivity contribution in [3.63, 3.8) is 0 Å². The third-order valence-electron chi connectivity index (χ3n) is 2.20. The largest absolute Gasteiger partial charge is 0.250 e. The maximum absolute atomic E-state index is 4.37. The molecule has 3 heterocycles. The summed E-state index contributed by atoms with van der Waals surface area (Å²) in [4.78, 5) is 16.6. The summed E-state index contributed by atoms with van der Waals surface area (Å²) < 4.78 is 0. The molecule has 0 atom stereocenters. The van der Waals surface area contributed by atoms with Gasteiger partial charge in [0.2, 0.25) is 0 Å². The Morgan fingerprint density at radius 2 is 1.83 bits per heavy atom. The molecule has 3 aromatic heterocycles. The molecule has 6 heteroatoms. The maximum Gasteiger partial charge on any atom is 0.179 e. The first kappa shape index (κ1) is 10.4. The molecule has 18 heavy (non-hydrogen) atoms. The van der Waals surface area contributed by atoms with E-state index in [9.17, 15) is 0 Å². The Hall–Kier alpha value is -2.76. The molecule has 0 aliphatic heterocycles. The van der Waals surface area contributed by atoms with E-state index in [0.717, 1.165) is 0 Å². The number of nitrogens with zero attached hydrogens (tertiary/aromatic N) is 6. The van der Waals surface area contributed by atoms with Gasteiger partial charge in [-0.15, -0.1) is 5.10 Å². The van der Waals surface area contributed by atoms with Gasteiger partial charge in [-0.25, -0.2) is 19.9 Å². The third kappa shape index (κ3) is 2.03. The van der Waals surface area contributed by atoms with Gasteiger partial charge in [0.05, 0.1) is 6.20 Å². The van der Waals surface area contributed by atoms with Crippen LogP contribution in [0.4, 0.5) is 0 Å². The monoisotopic (exact) mass is 235 g/mol. The molecule has 0 aliphatic rings. The second-order valence-electron chi connectivity index (χ2n) is 3.40. The predicted octanol–water partition coefficient (Wildman–Crippen LogP) is 1.19. The van der Waals surface area contributed by atoms with Crippen molar-refractivity contribution in [1.29, 1.82) is 0 Å². The average Bonchev–Trinajstić information content (AvgIpc) is 2.49. The highest BCUT2D eigenvalue weighted by atomic mass is 15.1. The molecule has 1 radical (unpaired) electrons. The van der Waals surface area contributed by atoms with E-state index in [1.807, 2.05) is 0 Å². The first-order chi connectivity index (χ1) is 8.93. The van der Waals surface area contributed by atoms with Gasteiger partial charge in [0.15, 0.2) is 5.82 Å². The summed E-state index contributed by atoms with van der Waals surface area (Å²) in [5.41, 5.74) is 1.71. The van der Waals surface area contributed by atoms with Gasteiger partial charge >= 0.3 is 0 Å². The van der Waals surface area contributed by atoms with Gasteiger partial charge in [0, 0.05) is 18.6 Å². The Balaban J connectivity index is 2.05. The van der Waals surface area contributed by atoms with Crippen molar-refractivity contribution in [3.8, 4) is 22.9 Å². The van der Waals surface area contributed by atoms with Gasteiger partial charge < -0.3 is 0 Å². The lowest BCUT2D eigenvalue weighted by atomic mass is 10.3. The van der Waals surface area contributed by atoms with Crippen LogP contribution in [0.2, 0.25) is 0 Å². The third-order valence-corrected chi connectivity index (χ3v) is 2.20. The standard InChI is InChI=1S/C12H7N6/c1-3-9(18-16-6-1)10-7-13-8-11(17-10)12-14-4-2-5-15-12/h1-6,8H. The number of rotatable bonds is 2. The molecule has 0 unspecified atom stereocenters. The minimum absolute atomic E-state index is 0.518. The maximum atomic E-state index is 4.37. The van der Waals surface area contributed by atoms with E-state index < -0.39 is 0 Å². The van der Waals surface area contributed by atoms with Crippen LogP contribution in [0.15, 0.2) is 43.0 Å². The first-order valence-corrected chi connectivity index (χ1v) is 5.24. The van der Waals surface area contributed by atoms with Gasteiger partial charge in [-0.05, 0) is 18.2 Å². The summed E-state index contributed by atoms with van der Waals surface area (Å²) in [6.07, 6.45) is 9.25. The van der Waals surface area contributed by atoms with Crippen LogP contribution in [0.5, 0.6) is 0 Å². The van der Waals surface area contributed by atoms with Crippen LogP contribution in [0.3, 0.4) is 0 Å². The Labute approximate surface area is 103 Å². The lowest BCUT2D eigenvalue weighted by Crippen LogP contribution is -1.96. The Morgan fingerprint density at radius 1 is 0.944 bits per heavy atom. The Bertz CT molecular complexity index is 586. The van der Waals surface area contributed by atoms with Crippen molar-refractivity contribution in [2.45, 2.75) is 0 Å². The summed E-state index contributed by atoms with van der Waals surface area (Å²) in [5.74, 6) is 0.518. The normalized spacial score (nSPS) is 10.2. The van der Waals surface area contributed by atoms with Crippen molar-refractivity contribution < 1.29 is 0 Å². The lowest BCUT2D eigenvalue weighted by molar-refractivity contribution is 1.02. The van der Waals surface area contributed by atoms with E-state index in [1.54, 1.807) is 43.0 Å². The number of hydrogen-bond acceptors (Lipinski definition) is 6. The zero-order chi connectivity index (χ0) is 12.2. The zero-order valence-corrected chi connectivity index (χ0v) is 9.22. The molecule has 0 aliphatic carbocycles. The highest BCUT2D eigenvalue weighted by Crippen LogP contribution is 2.15. The summed E-state index contributed by atoms with van der Waals surface area (Å²) >= 11 is 0. The lowest BCUT2D eigenvalue weighted by Gasteiger charge is -2.00. The molecule has 0 spiro atoms. The van der Waals surface area contributed by atoms with Crippen LogP contribution >= 0.6 is 0 Å². The van der Waals surface area contributed by atoms with Crippen LogP contribution in [0.1, 0.15) is 0 Å². The summed E-state index contributed by atoms with van der Waals surface area (Å²) in [6, 6.07) is 5.32. The van der Waals surface area contributed by atoms with E-state index in [2.05, 4.69) is 36.3 Å².